The van der Waals surface area contributed by atoms with Crippen molar-refractivity contribution in [1.82, 2.24) is 0 Å². The zero-order chi connectivity index (χ0) is 17.0. The first-order valence-electron chi connectivity index (χ1n) is 7.37. The maximum Gasteiger partial charge on any atom is 0.264 e. The smallest absolute Gasteiger partial charge is 0.264 e. The lowest BCUT2D eigenvalue weighted by atomic mass is 10.1. The van der Waals surface area contributed by atoms with Crippen molar-refractivity contribution >= 4 is 11.6 Å². The average molecular weight is 319 g/mol. The van der Waals surface area contributed by atoms with Gasteiger partial charge in [0.1, 0.15) is 5.82 Å². The number of carbonyl (C=O) groups excluding carboxylic acids is 1. The molecule has 3 nitrogen and oxygen atoms in total. The standard InChI is InChI=1S/C18H19F2NO2/c1-4-21(15-8-12(2)7-13(3)9-15)18(22)11-23-17-6-5-14(19)10-16(17)20/h5-10H,4,11H2,1-3H3. The molecule has 0 radical (unpaired) electrons. The molecule has 23 heavy (non-hydrogen) atoms. The van der Waals surface area contributed by atoms with Crippen molar-refractivity contribution < 1.29 is 18.3 Å². The lowest BCUT2D eigenvalue weighted by Crippen LogP contribution is -2.35. The summed E-state index contributed by atoms with van der Waals surface area (Å²) in [5, 5.41) is 0. The van der Waals surface area contributed by atoms with Crippen molar-refractivity contribution in [2.24, 2.45) is 0 Å². The second-order valence-corrected chi connectivity index (χ2v) is 5.35. The van der Waals surface area contributed by atoms with Gasteiger partial charge in [-0.25, -0.2) is 8.78 Å². The summed E-state index contributed by atoms with van der Waals surface area (Å²) in [7, 11) is 0. The third-order valence-electron chi connectivity index (χ3n) is 3.38. The molecule has 0 N–H and O–H groups in total. The van der Waals surface area contributed by atoms with E-state index >= 15 is 0 Å². The van der Waals surface area contributed by atoms with E-state index in [2.05, 4.69) is 0 Å². The van der Waals surface area contributed by atoms with Gasteiger partial charge >= 0.3 is 0 Å². The van der Waals surface area contributed by atoms with Crippen molar-refractivity contribution in [3.05, 3.63) is 59.2 Å². The Bertz CT molecular complexity index is 696. The summed E-state index contributed by atoms with van der Waals surface area (Å²) in [6.45, 7) is 5.92. The summed E-state index contributed by atoms with van der Waals surface area (Å²) in [6, 6.07) is 8.82. The van der Waals surface area contributed by atoms with E-state index in [4.69, 9.17) is 4.74 Å². The molecule has 0 saturated heterocycles. The maximum atomic E-state index is 13.5. The van der Waals surface area contributed by atoms with Crippen LogP contribution in [0.5, 0.6) is 5.75 Å². The highest BCUT2D eigenvalue weighted by Crippen LogP contribution is 2.20. The van der Waals surface area contributed by atoms with Crippen LogP contribution < -0.4 is 9.64 Å². The van der Waals surface area contributed by atoms with Crippen molar-refractivity contribution in [2.75, 3.05) is 18.1 Å². The monoisotopic (exact) mass is 319 g/mol. The van der Waals surface area contributed by atoms with E-state index in [0.717, 1.165) is 28.9 Å². The number of amides is 1. The van der Waals surface area contributed by atoms with Crippen LogP contribution in [0.2, 0.25) is 0 Å². The Morgan fingerprint density at radius 2 is 1.74 bits per heavy atom. The lowest BCUT2D eigenvalue weighted by Gasteiger charge is -2.22. The topological polar surface area (TPSA) is 29.5 Å². The molecule has 122 valence electrons. The Kier molecular flexibility index (Phi) is 5.32. The molecule has 0 atom stereocenters. The predicted molar refractivity (Wildman–Crippen MR) is 85.8 cm³/mol. The summed E-state index contributed by atoms with van der Waals surface area (Å²) in [5.41, 5.74) is 2.88. The zero-order valence-electron chi connectivity index (χ0n) is 13.4. The highest BCUT2D eigenvalue weighted by atomic mass is 19.1. The Morgan fingerprint density at radius 3 is 2.30 bits per heavy atom. The van der Waals surface area contributed by atoms with Crippen LogP contribution >= 0.6 is 0 Å². The first-order chi connectivity index (χ1) is 10.9. The number of halogens is 2. The van der Waals surface area contributed by atoms with Gasteiger partial charge in [0.2, 0.25) is 0 Å². The molecule has 5 heteroatoms. The second kappa shape index (κ2) is 7.22. The van der Waals surface area contributed by atoms with E-state index in [1.54, 1.807) is 4.90 Å². The second-order valence-electron chi connectivity index (χ2n) is 5.35. The van der Waals surface area contributed by atoms with Gasteiger partial charge < -0.3 is 9.64 Å². The Hall–Kier alpha value is -2.43. The normalized spacial score (nSPS) is 10.5. The molecule has 0 bridgehead atoms. The Morgan fingerprint density at radius 1 is 1.09 bits per heavy atom. The Labute approximate surface area is 134 Å². The van der Waals surface area contributed by atoms with Gasteiger partial charge in [-0.2, -0.15) is 0 Å². The number of likely N-dealkylation sites (N-methyl/N-ethyl adjacent to an activating group) is 1. The number of ether oxygens (including phenoxy) is 1. The minimum atomic E-state index is -0.827. The molecule has 0 unspecified atom stereocenters. The summed E-state index contributed by atoms with van der Waals surface area (Å²) in [4.78, 5) is 13.9. The van der Waals surface area contributed by atoms with Crippen LogP contribution in [-0.4, -0.2) is 19.1 Å². The molecule has 0 aliphatic carbocycles. The van der Waals surface area contributed by atoms with Crippen LogP contribution in [0, 0.1) is 25.5 Å². The molecule has 1 amide bonds. The van der Waals surface area contributed by atoms with Gasteiger partial charge in [-0.3, -0.25) is 4.79 Å². The third kappa shape index (κ3) is 4.28. The molecule has 0 aliphatic rings. The van der Waals surface area contributed by atoms with Gasteiger partial charge in [-0.1, -0.05) is 6.07 Å². The van der Waals surface area contributed by atoms with Crippen LogP contribution in [0.15, 0.2) is 36.4 Å². The van der Waals surface area contributed by atoms with Crippen LogP contribution in [0.25, 0.3) is 0 Å². The molecule has 0 heterocycles. The molecule has 2 aromatic rings. The van der Waals surface area contributed by atoms with Crippen LogP contribution in [-0.2, 0) is 4.79 Å². The summed E-state index contributed by atoms with van der Waals surface area (Å²) in [6.07, 6.45) is 0. The lowest BCUT2D eigenvalue weighted by molar-refractivity contribution is -0.120. The number of benzene rings is 2. The number of nitrogens with zero attached hydrogens (tertiary/aromatic N) is 1. The zero-order valence-corrected chi connectivity index (χ0v) is 13.4. The summed E-state index contributed by atoms with van der Waals surface area (Å²) >= 11 is 0. The number of hydrogen-bond acceptors (Lipinski definition) is 2. The fourth-order valence-corrected chi connectivity index (χ4v) is 2.42. The molecule has 0 aromatic heterocycles. The average Bonchev–Trinajstić information content (AvgIpc) is 2.46. The third-order valence-corrected chi connectivity index (χ3v) is 3.38. The van der Waals surface area contributed by atoms with Crippen LogP contribution in [0.4, 0.5) is 14.5 Å². The van der Waals surface area contributed by atoms with Gasteiger partial charge in [0.15, 0.2) is 18.2 Å². The first kappa shape index (κ1) is 16.9. The number of rotatable bonds is 5. The first-order valence-corrected chi connectivity index (χ1v) is 7.37. The van der Waals surface area contributed by atoms with Gasteiger partial charge in [0.25, 0.3) is 5.91 Å². The molecule has 0 saturated carbocycles. The van der Waals surface area contributed by atoms with E-state index in [1.165, 1.54) is 6.07 Å². The van der Waals surface area contributed by atoms with E-state index in [1.807, 2.05) is 39.0 Å². The van der Waals surface area contributed by atoms with Crippen molar-refractivity contribution in [1.29, 1.82) is 0 Å². The number of carbonyl (C=O) groups is 1. The van der Waals surface area contributed by atoms with Crippen LogP contribution in [0.3, 0.4) is 0 Å². The van der Waals surface area contributed by atoms with Crippen molar-refractivity contribution in [3.63, 3.8) is 0 Å². The van der Waals surface area contributed by atoms with E-state index in [0.29, 0.717) is 6.54 Å². The highest BCUT2D eigenvalue weighted by molar-refractivity contribution is 5.94. The van der Waals surface area contributed by atoms with Crippen LogP contribution in [0.1, 0.15) is 18.1 Å². The van der Waals surface area contributed by atoms with E-state index in [9.17, 15) is 13.6 Å². The van der Waals surface area contributed by atoms with E-state index in [-0.39, 0.29) is 18.3 Å². The molecular formula is C18H19F2NO2. The predicted octanol–water partition coefficient (Wildman–Crippen LogP) is 4.01. The molecule has 2 rings (SSSR count). The molecular weight excluding hydrogens is 300 g/mol. The molecule has 0 fully saturated rings. The van der Waals surface area contributed by atoms with Crippen molar-refractivity contribution in [2.45, 2.75) is 20.8 Å². The molecule has 0 aliphatic heterocycles. The summed E-state index contributed by atoms with van der Waals surface area (Å²) in [5.74, 6) is -1.95. The van der Waals surface area contributed by atoms with Gasteiger partial charge in [0.05, 0.1) is 0 Å². The van der Waals surface area contributed by atoms with Gasteiger partial charge in [0, 0.05) is 18.3 Å². The number of anilines is 1. The fourth-order valence-electron chi connectivity index (χ4n) is 2.42. The summed E-state index contributed by atoms with van der Waals surface area (Å²) < 4.78 is 31.6. The minimum Gasteiger partial charge on any atom is -0.481 e. The largest absolute Gasteiger partial charge is 0.481 e. The SMILES string of the molecule is CCN(C(=O)COc1ccc(F)cc1F)c1cc(C)cc(C)c1. The number of hydrogen-bond donors (Lipinski definition) is 0. The number of aryl methyl sites for hydroxylation is 2. The molecule has 2 aromatic carbocycles. The molecule has 0 spiro atoms. The Balaban J connectivity index is 2.11. The minimum absolute atomic E-state index is 0.142. The van der Waals surface area contributed by atoms with Gasteiger partial charge in [-0.05, 0) is 56.2 Å². The quantitative estimate of drug-likeness (QED) is 0.833. The van der Waals surface area contributed by atoms with Gasteiger partial charge in [-0.15, -0.1) is 0 Å². The van der Waals surface area contributed by atoms with E-state index < -0.39 is 11.6 Å². The van der Waals surface area contributed by atoms with Crippen molar-refractivity contribution in [3.8, 4) is 5.75 Å². The maximum absolute atomic E-state index is 13.5. The highest BCUT2D eigenvalue weighted by Gasteiger charge is 2.16. The fraction of sp³-hybridized carbons (Fsp3) is 0.278.